The van der Waals surface area contributed by atoms with Gasteiger partial charge in [-0.2, -0.15) is 0 Å². The van der Waals surface area contributed by atoms with Gasteiger partial charge in [0.25, 0.3) is 0 Å². The molecule has 0 aliphatic heterocycles. The highest BCUT2D eigenvalue weighted by atomic mass is 79.9. The maximum Gasteiger partial charge on any atom is 0.161 e. The van der Waals surface area contributed by atoms with Gasteiger partial charge in [0.15, 0.2) is 5.82 Å². The van der Waals surface area contributed by atoms with E-state index in [1.54, 1.807) is 6.20 Å². The second-order valence-electron chi connectivity index (χ2n) is 3.60. The Kier molecular flexibility index (Phi) is 3.26. The third-order valence-electron chi connectivity index (χ3n) is 2.41. The molecule has 2 aromatic rings. The number of rotatable bonds is 1. The van der Waals surface area contributed by atoms with Crippen molar-refractivity contribution in [1.82, 2.24) is 9.97 Å². The van der Waals surface area contributed by atoms with Gasteiger partial charge in [0.2, 0.25) is 0 Å². The molecule has 0 radical (unpaired) electrons. The van der Waals surface area contributed by atoms with Gasteiger partial charge in [-0.1, -0.05) is 29.8 Å². The Hall–Kier alpha value is -0.930. The van der Waals surface area contributed by atoms with Gasteiger partial charge in [0, 0.05) is 11.8 Å². The van der Waals surface area contributed by atoms with E-state index in [1.165, 1.54) is 0 Å². The van der Waals surface area contributed by atoms with Crippen LogP contribution in [-0.4, -0.2) is 9.97 Å². The van der Waals surface area contributed by atoms with Crippen LogP contribution in [0.4, 0.5) is 0 Å². The lowest BCUT2D eigenvalue weighted by Crippen LogP contribution is -1.94. The van der Waals surface area contributed by atoms with Crippen LogP contribution in [0.25, 0.3) is 11.4 Å². The van der Waals surface area contributed by atoms with E-state index < -0.39 is 0 Å². The Bertz CT molecular complexity index is 520. The minimum absolute atomic E-state index is 0.438. The average molecular weight is 298 g/mol. The third kappa shape index (κ3) is 2.11. The van der Waals surface area contributed by atoms with Crippen LogP contribution in [0.2, 0.25) is 5.15 Å². The van der Waals surface area contributed by atoms with Crippen LogP contribution in [0.5, 0.6) is 0 Å². The maximum atomic E-state index is 5.97. The van der Waals surface area contributed by atoms with Gasteiger partial charge in [-0.25, -0.2) is 9.97 Å². The third-order valence-corrected chi connectivity index (χ3v) is 3.50. The smallest absolute Gasteiger partial charge is 0.161 e. The van der Waals surface area contributed by atoms with Crippen LogP contribution in [0.3, 0.4) is 0 Å². The molecular formula is C12H10BrClN2. The first-order chi connectivity index (χ1) is 7.59. The summed E-state index contributed by atoms with van der Waals surface area (Å²) in [5, 5.41) is 0.438. The average Bonchev–Trinajstić information content (AvgIpc) is 2.23. The summed E-state index contributed by atoms with van der Waals surface area (Å²) in [6.45, 7) is 4.09. The second kappa shape index (κ2) is 4.52. The molecule has 0 saturated heterocycles. The van der Waals surface area contributed by atoms with Crippen molar-refractivity contribution in [3.05, 3.63) is 45.1 Å². The van der Waals surface area contributed by atoms with Gasteiger partial charge >= 0.3 is 0 Å². The number of benzene rings is 1. The maximum absolute atomic E-state index is 5.97. The van der Waals surface area contributed by atoms with Gasteiger partial charge in [0.1, 0.15) is 5.15 Å². The Morgan fingerprint density at radius 2 is 1.81 bits per heavy atom. The fourth-order valence-corrected chi connectivity index (χ4v) is 1.95. The summed E-state index contributed by atoms with van der Waals surface area (Å²) in [6.07, 6.45) is 1.68. The summed E-state index contributed by atoms with van der Waals surface area (Å²) in [5.41, 5.74) is 3.36. The summed E-state index contributed by atoms with van der Waals surface area (Å²) >= 11 is 9.25. The largest absolute Gasteiger partial charge is 0.235 e. The van der Waals surface area contributed by atoms with Crippen molar-refractivity contribution in [2.75, 3.05) is 0 Å². The van der Waals surface area contributed by atoms with Crippen LogP contribution < -0.4 is 0 Å². The van der Waals surface area contributed by atoms with Crippen molar-refractivity contribution in [1.29, 1.82) is 0 Å². The molecule has 0 bridgehead atoms. The Morgan fingerprint density at radius 3 is 2.38 bits per heavy atom. The van der Waals surface area contributed by atoms with E-state index in [2.05, 4.69) is 25.9 Å². The van der Waals surface area contributed by atoms with Gasteiger partial charge in [-0.05, 0) is 40.9 Å². The van der Waals surface area contributed by atoms with E-state index in [9.17, 15) is 0 Å². The first-order valence-electron chi connectivity index (χ1n) is 4.84. The molecule has 1 aromatic carbocycles. The highest BCUT2D eigenvalue weighted by Gasteiger charge is 2.09. The van der Waals surface area contributed by atoms with E-state index in [0.29, 0.717) is 15.5 Å². The molecule has 0 atom stereocenters. The molecule has 82 valence electrons. The molecule has 1 heterocycles. The number of aryl methyl sites for hydroxylation is 2. The van der Waals surface area contributed by atoms with E-state index in [0.717, 1.165) is 16.7 Å². The highest BCUT2D eigenvalue weighted by Crippen LogP contribution is 2.27. The Balaban J connectivity index is 2.63. The summed E-state index contributed by atoms with van der Waals surface area (Å²) in [7, 11) is 0. The lowest BCUT2D eigenvalue weighted by Gasteiger charge is -2.08. The normalized spacial score (nSPS) is 10.5. The van der Waals surface area contributed by atoms with Gasteiger partial charge in [0.05, 0.1) is 4.47 Å². The standard InChI is InChI=1S/C12H10BrClN2/c1-7-4-3-5-8(2)10(7)12-15-6-9(13)11(14)16-12/h3-6H,1-2H3. The van der Waals surface area contributed by atoms with E-state index >= 15 is 0 Å². The van der Waals surface area contributed by atoms with Crippen molar-refractivity contribution >= 4 is 27.5 Å². The molecule has 0 aliphatic carbocycles. The molecule has 0 fully saturated rings. The van der Waals surface area contributed by atoms with Gasteiger partial charge in [-0.3, -0.25) is 0 Å². The van der Waals surface area contributed by atoms with Gasteiger partial charge in [-0.15, -0.1) is 0 Å². The number of nitrogens with zero attached hydrogens (tertiary/aromatic N) is 2. The SMILES string of the molecule is Cc1cccc(C)c1-c1ncc(Br)c(Cl)n1. The monoisotopic (exact) mass is 296 g/mol. The zero-order chi connectivity index (χ0) is 11.7. The topological polar surface area (TPSA) is 25.8 Å². The minimum atomic E-state index is 0.438. The quantitative estimate of drug-likeness (QED) is 0.738. The van der Waals surface area contributed by atoms with Crippen molar-refractivity contribution < 1.29 is 0 Å². The molecule has 16 heavy (non-hydrogen) atoms. The Morgan fingerprint density at radius 1 is 1.19 bits per heavy atom. The van der Waals surface area contributed by atoms with E-state index in [1.807, 2.05) is 32.0 Å². The molecule has 4 heteroatoms. The molecule has 2 nitrogen and oxygen atoms in total. The number of hydrogen-bond acceptors (Lipinski definition) is 2. The zero-order valence-electron chi connectivity index (χ0n) is 8.96. The molecule has 0 N–H and O–H groups in total. The number of hydrogen-bond donors (Lipinski definition) is 0. The first-order valence-corrected chi connectivity index (χ1v) is 6.01. The lowest BCUT2D eigenvalue weighted by atomic mass is 10.0. The van der Waals surface area contributed by atoms with Crippen LogP contribution in [0.1, 0.15) is 11.1 Å². The minimum Gasteiger partial charge on any atom is -0.235 e. The molecule has 0 aliphatic rings. The zero-order valence-corrected chi connectivity index (χ0v) is 11.3. The van der Waals surface area contributed by atoms with Crippen molar-refractivity contribution in [2.45, 2.75) is 13.8 Å². The summed E-state index contributed by atoms with van der Waals surface area (Å²) in [5.74, 6) is 0.670. The molecule has 0 spiro atoms. The van der Waals surface area contributed by atoms with Crippen LogP contribution >= 0.6 is 27.5 Å². The fraction of sp³-hybridized carbons (Fsp3) is 0.167. The fourth-order valence-electron chi connectivity index (χ4n) is 1.63. The Labute approximate surface area is 108 Å². The molecular weight excluding hydrogens is 288 g/mol. The van der Waals surface area contributed by atoms with Crippen LogP contribution in [0.15, 0.2) is 28.9 Å². The predicted molar refractivity (Wildman–Crippen MR) is 69.7 cm³/mol. The number of aromatic nitrogens is 2. The van der Waals surface area contributed by atoms with Crippen molar-refractivity contribution in [2.24, 2.45) is 0 Å². The van der Waals surface area contributed by atoms with E-state index in [4.69, 9.17) is 11.6 Å². The lowest BCUT2D eigenvalue weighted by molar-refractivity contribution is 1.14. The molecule has 1 aromatic heterocycles. The van der Waals surface area contributed by atoms with Crippen LogP contribution in [0, 0.1) is 13.8 Å². The molecule has 0 unspecified atom stereocenters. The van der Waals surface area contributed by atoms with E-state index in [-0.39, 0.29) is 0 Å². The molecule has 2 rings (SSSR count). The molecule has 0 saturated carbocycles. The summed E-state index contributed by atoms with van der Waals surface area (Å²) < 4.78 is 0.712. The highest BCUT2D eigenvalue weighted by molar-refractivity contribution is 9.10. The van der Waals surface area contributed by atoms with Gasteiger partial charge < -0.3 is 0 Å². The summed E-state index contributed by atoms with van der Waals surface area (Å²) in [4.78, 5) is 8.56. The van der Waals surface area contributed by atoms with Crippen molar-refractivity contribution in [3.63, 3.8) is 0 Å². The second-order valence-corrected chi connectivity index (χ2v) is 4.81. The van der Waals surface area contributed by atoms with Crippen LogP contribution in [-0.2, 0) is 0 Å². The first kappa shape index (κ1) is 11.6. The predicted octanol–water partition coefficient (Wildman–Crippen LogP) is 4.18. The van der Waals surface area contributed by atoms with Crippen molar-refractivity contribution in [3.8, 4) is 11.4 Å². The molecule has 0 amide bonds. The number of halogens is 2. The summed E-state index contributed by atoms with van der Waals surface area (Å²) in [6, 6.07) is 6.11.